The fourth-order valence-corrected chi connectivity index (χ4v) is 1.16. The van der Waals surface area contributed by atoms with Gasteiger partial charge in [0.15, 0.2) is 0 Å². The summed E-state index contributed by atoms with van der Waals surface area (Å²) in [5.74, 6) is -2.24. The third kappa shape index (κ3) is 2.55. The van der Waals surface area contributed by atoms with E-state index in [4.69, 9.17) is 5.11 Å². The van der Waals surface area contributed by atoms with Crippen molar-refractivity contribution in [2.24, 2.45) is 0 Å². The van der Waals surface area contributed by atoms with Crippen molar-refractivity contribution >= 4 is 5.97 Å². The van der Waals surface area contributed by atoms with Crippen LogP contribution >= 0.6 is 0 Å². The first-order valence-corrected chi connectivity index (χ1v) is 4.01. The molecule has 0 aliphatic carbocycles. The van der Waals surface area contributed by atoms with Gasteiger partial charge in [0.1, 0.15) is 5.92 Å². The number of hydrogen-bond acceptors (Lipinski definition) is 3. The molecule has 0 aliphatic rings. The molecule has 0 aliphatic heterocycles. The summed E-state index contributed by atoms with van der Waals surface area (Å²) in [4.78, 5) is 20.3. The quantitative estimate of drug-likeness (QED) is 0.576. The fraction of sp³-hybridized carbons (Fsp3) is 0.222. The van der Waals surface area contributed by atoms with Crippen LogP contribution in [-0.2, 0) is 4.79 Å². The number of rotatable bonds is 4. The molecule has 1 aromatic rings. The number of benzene rings is 1. The number of hydrogen-bond donors (Lipinski definition) is 1. The Balaban J connectivity index is 2.89. The molecule has 1 atom stereocenters. The average Bonchev–Trinajstić information content (AvgIpc) is 2.15. The Bertz CT molecular complexity index is 336. The number of carboxylic acid groups (broad SMARTS) is 1. The van der Waals surface area contributed by atoms with Crippen LogP contribution in [0.5, 0.6) is 0 Å². The largest absolute Gasteiger partial charge is 0.481 e. The lowest BCUT2D eigenvalue weighted by atomic mass is 10.00. The van der Waals surface area contributed by atoms with Crippen molar-refractivity contribution < 1.29 is 14.8 Å². The normalized spacial score (nSPS) is 12.0. The van der Waals surface area contributed by atoms with E-state index in [9.17, 15) is 14.9 Å². The number of nitro groups is 1. The maximum atomic E-state index is 10.7. The van der Waals surface area contributed by atoms with Gasteiger partial charge in [-0.05, 0) is 5.56 Å². The van der Waals surface area contributed by atoms with E-state index in [-0.39, 0.29) is 0 Å². The number of carbonyl (C=O) groups is 1. The minimum atomic E-state index is -1.17. The van der Waals surface area contributed by atoms with Crippen LogP contribution in [0.4, 0.5) is 0 Å². The van der Waals surface area contributed by atoms with Gasteiger partial charge in [0.05, 0.1) is 0 Å². The van der Waals surface area contributed by atoms with Gasteiger partial charge >= 0.3 is 5.97 Å². The highest BCUT2D eigenvalue weighted by Crippen LogP contribution is 2.15. The maximum Gasteiger partial charge on any atom is 0.317 e. The van der Waals surface area contributed by atoms with Crippen LogP contribution in [0.1, 0.15) is 11.5 Å². The Hall–Kier alpha value is -1.91. The van der Waals surface area contributed by atoms with Crippen LogP contribution in [0.25, 0.3) is 0 Å². The Morgan fingerprint density at radius 1 is 1.43 bits per heavy atom. The lowest BCUT2D eigenvalue weighted by Crippen LogP contribution is -2.20. The van der Waals surface area contributed by atoms with E-state index in [2.05, 4.69) is 0 Å². The summed E-state index contributed by atoms with van der Waals surface area (Å²) in [5, 5.41) is 19.0. The molecular weight excluding hydrogens is 186 g/mol. The van der Waals surface area contributed by atoms with Gasteiger partial charge in [-0.3, -0.25) is 14.9 Å². The zero-order valence-electron chi connectivity index (χ0n) is 7.29. The summed E-state index contributed by atoms with van der Waals surface area (Å²) in [6.07, 6.45) is 0. The van der Waals surface area contributed by atoms with E-state index in [0.717, 1.165) is 0 Å². The van der Waals surface area contributed by atoms with E-state index >= 15 is 0 Å². The van der Waals surface area contributed by atoms with Gasteiger partial charge < -0.3 is 5.11 Å². The van der Waals surface area contributed by atoms with Crippen LogP contribution in [0.2, 0.25) is 0 Å². The Kier molecular flexibility index (Phi) is 3.17. The lowest BCUT2D eigenvalue weighted by Gasteiger charge is -2.07. The Morgan fingerprint density at radius 2 is 2.00 bits per heavy atom. The second-order valence-corrected chi connectivity index (χ2v) is 2.82. The van der Waals surface area contributed by atoms with Crippen molar-refractivity contribution in [1.82, 2.24) is 0 Å². The predicted octanol–water partition coefficient (Wildman–Crippen LogP) is 1.13. The average molecular weight is 195 g/mol. The second kappa shape index (κ2) is 4.36. The predicted molar refractivity (Wildman–Crippen MR) is 48.7 cm³/mol. The molecule has 0 saturated carbocycles. The van der Waals surface area contributed by atoms with Crippen molar-refractivity contribution in [3.05, 3.63) is 46.0 Å². The summed E-state index contributed by atoms with van der Waals surface area (Å²) in [5.41, 5.74) is 0.455. The monoisotopic (exact) mass is 195 g/mol. The first kappa shape index (κ1) is 10.2. The molecule has 0 spiro atoms. The molecule has 1 rings (SSSR count). The van der Waals surface area contributed by atoms with Gasteiger partial charge in [0.25, 0.3) is 0 Å². The minimum absolute atomic E-state index is 0.455. The van der Waals surface area contributed by atoms with Crippen molar-refractivity contribution in [3.63, 3.8) is 0 Å². The zero-order valence-corrected chi connectivity index (χ0v) is 7.29. The topological polar surface area (TPSA) is 80.4 Å². The molecule has 0 aromatic heterocycles. The highest BCUT2D eigenvalue weighted by atomic mass is 16.6. The van der Waals surface area contributed by atoms with Crippen LogP contribution in [0.15, 0.2) is 30.3 Å². The van der Waals surface area contributed by atoms with E-state index in [1.165, 1.54) is 0 Å². The smallest absolute Gasteiger partial charge is 0.317 e. The molecule has 5 heteroatoms. The first-order valence-electron chi connectivity index (χ1n) is 4.01. The molecule has 74 valence electrons. The Labute approximate surface area is 80.1 Å². The Morgan fingerprint density at radius 3 is 2.43 bits per heavy atom. The van der Waals surface area contributed by atoms with Crippen LogP contribution in [0, 0.1) is 10.1 Å². The standard InChI is InChI=1S/C9H9NO4/c11-9(12)8(6-10(13)14)7-4-2-1-3-5-7/h1-5,8H,6H2,(H,11,12)/t8-/m0/s1. The molecule has 0 amide bonds. The van der Waals surface area contributed by atoms with E-state index in [0.29, 0.717) is 5.56 Å². The van der Waals surface area contributed by atoms with Crippen molar-refractivity contribution in [2.45, 2.75) is 5.92 Å². The summed E-state index contributed by atoms with van der Waals surface area (Å²) in [7, 11) is 0. The second-order valence-electron chi connectivity index (χ2n) is 2.82. The minimum Gasteiger partial charge on any atom is -0.481 e. The van der Waals surface area contributed by atoms with Gasteiger partial charge in [-0.2, -0.15) is 0 Å². The molecule has 0 fully saturated rings. The highest BCUT2D eigenvalue weighted by molar-refractivity contribution is 5.76. The van der Waals surface area contributed by atoms with Gasteiger partial charge in [-0.1, -0.05) is 30.3 Å². The molecule has 1 aromatic carbocycles. The van der Waals surface area contributed by atoms with Gasteiger partial charge in [0, 0.05) is 4.92 Å². The SMILES string of the molecule is O=C(O)[C@@H](C[N+](=O)[O-])c1ccccc1. The van der Waals surface area contributed by atoms with Crippen LogP contribution in [0.3, 0.4) is 0 Å². The van der Waals surface area contributed by atoms with Crippen molar-refractivity contribution in [1.29, 1.82) is 0 Å². The van der Waals surface area contributed by atoms with E-state index < -0.39 is 23.4 Å². The molecule has 0 saturated heterocycles. The maximum absolute atomic E-state index is 10.7. The molecule has 0 heterocycles. The van der Waals surface area contributed by atoms with Gasteiger partial charge in [-0.25, -0.2) is 0 Å². The highest BCUT2D eigenvalue weighted by Gasteiger charge is 2.24. The summed E-state index contributed by atoms with van der Waals surface area (Å²) >= 11 is 0. The number of carboxylic acids is 1. The molecule has 5 nitrogen and oxygen atoms in total. The fourth-order valence-electron chi connectivity index (χ4n) is 1.16. The molecule has 0 unspecified atom stereocenters. The van der Waals surface area contributed by atoms with Crippen molar-refractivity contribution in [3.8, 4) is 0 Å². The summed E-state index contributed by atoms with van der Waals surface area (Å²) in [6.45, 7) is -0.584. The zero-order chi connectivity index (χ0) is 10.6. The van der Waals surface area contributed by atoms with E-state index in [1.807, 2.05) is 0 Å². The number of aliphatic carboxylic acids is 1. The first-order chi connectivity index (χ1) is 6.61. The summed E-state index contributed by atoms with van der Waals surface area (Å²) < 4.78 is 0. The van der Waals surface area contributed by atoms with E-state index in [1.54, 1.807) is 30.3 Å². The number of nitrogens with zero attached hydrogens (tertiary/aromatic N) is 1. The van der Waals surface area contributed by atoms with Crippen LogP contribution < -0.4 is 0 Å². The molecule has 1 N–H and O–H groups in total. The molecule has 0 radical (unpaired) electrons. The van der Waals surface area contributed by atoms with Gasteiger partial charge in [0.2, 0.25) is 6.54 Å². The van der Waals surface area contributed by atoms with Crippen molar-refractivity contribution in [2.75, 3.05) is 6.54 Å². The third-order valence-electron chi connectivity index (χ3n) is 1.83. The van der Waals surface area contributed by atoms with Crippen LogP contribution in [-0.4, -0.2) is 22.5 Å². The molecular formula is C9H9NO4. The summed E-state index contributed by atoms with van der Waals surface area (Å²) in [6, 6.07) is 8.19. The molecule has 14 heavy (non-hydrogen) atoms. The third-order valence-corrected chi connectivity index (χ3v) is 1.83. The lowest BCUT2D eigenvalue weighted by molar-refractivity contribution is -0.481. The molecule has 0 bridgehead atoms. The van der Waals surface area contributed by atoms with Gasteiger partial charge in [-0.15, -0.1) is 0 Å².